The number of nitrogens with zero attached hydrogens (tertiary/aromatic N) is 4. The first-order valence-corrected chi connectivity index (χ1v) is 12.4. The Morgan fingerprint density at radius 2 is 1.58 bits per heavy atom. The van der Waals surface area contributed by atoms with Crippen LogP contribution in [0.2, 0.25) is 0 Å². The maximum absolute atomic E-state index is 13.3. The molecule has 0 N–H and O–H groups in total. The first kappa shape index (κ1) is 26.6. The topological polar surface area (TPSA) is 117 Å². The fourth-order valence-electron chi connectivity index (χ4n) is 3.17. The van der Waals surface area contributed by atoms with Crippen LogP contribution in [0.5, 0.6) is 0 Å². The third-order valence-electron chi connectivity index (χ3n) is 5.18. The molecule has 0 aromatic heterocycles. The Labute approximate surface area is 194 Å². The number of hydrogen-bond donors (Lipinski definition) is 0. The van der Waals surface area contributed by atoms with E-state index in [0.29, 0.717) is 13.1 Å². The molecule has 1 saturated heterocycles. The van der Waals surface area contributed by atoms with Crippen LogP contribution in [0.25, 0.3) is 0 Å². The van der Waals surface area contributed by atoms with Crippen LogP contribution >= 0.6 is 0 Å². The molecule has 0 aliphatic carbocycles. The van der Waals surface area contributed by atoms with Crippen molar-refractivity contribution in [1.82, 2.24) is 19.8 Å². The Morgan fingerprint density at radius 1 is 0.939 bits per heavy atom. The highest BCUT2D eigenvalue weighted by Gasteiger charge is 2.40. The largest absolute Gasteiger partial charge is 0.441 e. The van der Waals surface area contributed by atoms with E-state index in [2.05, 4.69) is 0 Å². The van der Waals surface area contributed by atoms with Crippen LogP contribution in [-0.4, -0.2) is 111 Å². The van der Waals surface area contributed by atoms with Crippen molar-refractivity contribution in [2.24, 2.45) is 0 Å². The summed E-state index contributed by atoms with van der Waals surface area (Å²) in [6.07, 6.45) is -1.50. The minimum absolute atomic E-state index is 0.0101. The predicted octanol–water partition coefficient (Wildman–Crippen LogP) is 0.429. The molecular weight excluding hydrogens is 452 g/mol. The number of carbonyl (C=O) groups excluding carboxylic acids is 3. The lowest BCUT2D eigenvalue weighted by atomic mass is 10.4. The summed E-state index contributed by atoms with van der Waals surface area (Å²) < 4.78 is 31.1. The van der Waals surface area contributed by atoms with Gasteiger partial charge in [0, 0.05) is 19.6 Å². The molecule has 184 valence electrons. The highest BCUT2D eigenvalue weighted by atomic mass is 32.2. The minimum atomic E-state index is -3.94. The van der Waals surface area contributed by atoms with E-state index < -0.39 is 39.8 Å². The highest BCUT2D eigenvalue weighted by Crippen LogP contribution is 2.18. The molecule has 1 unspecified atom stereocenters. The molecule has 1 heterocycles. The van der Waals surface area contributed by atoms with Crippen molar-refractivity contribution in [1.29, 1.82) is 0 Å². The summed E-state index contributed by atoms with van der Waals surface area (Å²) in [5, 5.41) is 0.804. The number of amides is 2. The Hall–Kier alpha value is -2.70. The van der Waals surface area contributed by atoms with Crippen molar-refractivity contribution in [2.45, 2.75) is 25.0 Å². The predicted molar refractivity (Wildman–Crippen MR) is 120 cm³/mol. The highest BCUT2D eigenvalue weighted by molar-refractivity contribution is 7.91. The van der Waals surface area contributed by atoms with Gasteiger partial charge in [0.1, 0.15) is 5.75 Å². The average molecular weight is 485 g/mol. The number of benzene rings is 1. The number of rotatable bonds is 11. The lowest BCUT2D eigenvalue weighted by Crippen LogP contribution is -2.57. The van der Waals surface area contributed by atoms with E-state index in [0.717, 1.165) is 23.1 Å². The van der Waals surface area contributed by atoms with Crippen molar-refractivity contribution in [3.63, 3.8) is 0 Å². The summed E-state index contributed by atoms with van der Waals surface area (Å²) in [7, 11) is -0.366. The molecule has 33 heavy (non-hydrogen) atoms. The maximum atomic E-state index is 13.3. The van der Waals surface area contributed by atoms with Crippen molar-refractivity contribution < 1.29 is 32.4 Å². The van der Waals surface area contributed by atoms with Gasteiger partial charge in [0.05, 0.1) is 11.4 Å². The monoisotopic (exact) mass is 484 g/mol. The second-order valence-electron chi connectivity index (χ2n) is 7.74. The lowest BCUT2D eigenvalue weighted by Gasteiger charge is -2.37. The van der Waals surface area contributed by atoms with Gasteiger partial charge in [0.15, 0.2) is 16.1 Å². The second-order valence-corrected chi connectivity index (χ2v) is 9.78. The molecule has 0 saturated carbocycles. The number of ether oxygens (including phenoxy) is 1. The molecule has 1 aromatic rings. The van der Waals surface area contributed by atoms with Crippen LogP contribution in [0.1, 0.15) is 13.8 Å². The number of carbonyl (C=O) groups is 3. The van der Waals surface area contributed by atoms with E-state index in [1.807, 2.05) is 18.7 Å². The van der Waals surface area contributed by atoms with Gasteiger partial charge < -0.3 is 19.4 Å². The molecule has 1 fully saturated rings. The molecule has 0 radical (unpaired) electrons. The first-order valence-electron chi connectivity index (χ1n) is 10.7. The van der Waals surface area contributed by atoms with Gasteiger partial charge in [0.25, 0.3) is 0 Å². The van der Waals surface area contributed by atoms with E-state index in [1.165, 1.54) is 12.1 Å². The van der Waals surface area contributed by atoms with E-state index in [4.69, 9.17) is 9.57 Å². The van der Waals surface area contributed by atoms with Crippen LogP contribution in [0.3, 0.4) is 0 Å². The number of sulfone groups is 1. The molecule has 2 rings (SSSR count). The van der Waals surface area contributed by atoms with E-state index in [-0.39, 0.29) is 18.0 Å². The first-order chi connectivity index (χ1) is 15.6. The summed E-state index contributed by atoms with van der Waals surface area (Å²) in [6.45, 7) is 6.17. The summed E-state index contributed by atoms with van der Waals surface area (Å²) in [4.78, 5) is 47.8. The molecular formula is C21H32N4O7S. The van der Waals surface area contributed by atoms with Crippen molar-refractivity contribution in [3.05, 3.63) is 30.3 Å². The van der Waals surface area contributed by atoms with Crippen LogP contribution in [-0.2, 0) is 29.0 Å². The van der Waals surface area contributed by atoms with Gasteiger partial charge >= 0.3 is 18.0 Å². The summed E-state index contributed by atoms with van der Waals surface area (Å²) in [6, 6.07) is 6.88. The lowest BCUT2D eigenvalue weighted by molar-refractivity contribution is -0.204. The Morgan fingerprint density at radius 3 is 2.15 bits per heavy atom. The van der Waals surface area contributed by atoms with Gasteiger partial charge in [-0.3, -0.25) is 4.90 Å². The molecule has 0 bridgehead atoms. The minimum Gasteiger partial charge on any atom is -0.432 e. The standard InChI is InChI=1S/C21H32N4O7S/c1-5-23(6-2)13-15-25-21(28)24(14-12-22(3)4)18(31-19(26)20(27)32-25)16-33(29,30)17-10-8-7-9-11-17/h7-11,18H,5-6,12-16H2,1-4H3. The Bertz CT molecular complexity index is 920. The quantitative estimate of drug-likeness (QED) is 0.325. The van der Waals surface area contributed by atoms with Crippen LogP contribution < -0.4 is 0 Å². The zero-order valence-electron chi connectivity index (χ0n) is 19.5. The van der Waals surface area contributed by atoms with Crippen LogP contribution in [0.15, 0.2) is 35.2 Å². The van der Waals surface area contributed by atoms with Gasteiger partial charge in [0.2, 0.25) is 0 Å². The number of cyclic esters (lactones) is 1. The van der Waals surface area contributed by atoms with E-state index in [1.54, 1.807) is 37.2 Å². The van der Waals surface area contributed by atoms with Gasteiger partial charge in [-0.05, 0) is 39.3 Å². The molecule has 1 aromatic carbocycles. The number of urea groups is 1. The fourth-order valence-corrected chi connectivity index (χ4v) is 4.56. The van der Waals surface area contributed by atoms with Crippen molar-refractivity contribution in [2.75, 3.05) is 59.1 Å². The smallest absolute Gasteiger partial charge is 0.432 e. The molecule has 1 aliphatic heterocycles. The van der Waals surface area contributed by atoms with Crippen molar-refractivity contribution >= 4 is 27.8 Å². The van der Waals surface area contributed by atoms with Gasteiger partial charge in [-0.15, -0.1) is 0 Å². The zero-order valence-corrected chi connectivity index (χ0v) is 20.3. The number of likely N-dealkylation sites (N-methyl/N-ethyl adjacent to an activating group) is 2. The van der Waals surface area contributed by atoms with Crippen LogP contribution in [0, 0.1) is 0 Å². The third kappa shape index (κ3) is 7.41. The molecule has 0 spiro atoms. The van der Waals surface area contributed by atoms with E-state index in [9.17, 15) is 22.8 Å². The SMILES string of the molecule is CCN(CC)CCN1OC(=O)C(=O)OC(CS(=O)(=O)c2ccccc2)N(CCN(C)C)C1=O. The van der Waals surface area contributed by atoms with Gasteiger partial charge in [-0.1, -0.05) is 32.0 Å². The van der Waals surface area contributed by atoms with E-state index >= 15 is 0 Å². The Balaban J connectivity index is 2.37. The molecule has 11 nitrogen and oxygen atoms in total. The van der Waals surface area contributed by atoms with Crippen molar-refractivity contribution in [3.8, 4) is 0 Å². The molecule has 12 heteroatoms. The third-order valence-corrected chi connectivity index (χ3v) is 6.89. The van der Waals surface area contributed by atoms with Crippen LogP contribution in [0.4, 0.5) is 4.79 Å². The normalized spacial score (nSPS) is 17.8. The summed E-state index contributed by atoms with van der Waals surface area (Å²) in [5.41, 5.74) is 0. The maximum Gasteiger partial charge on any atom is 0.441 e. The van der Waals surface area contributed by atoms with Gasteiger partial charge in [-0.2, -0.15) is 5.06 Å². The fraction of sp³-hybridized carbons (Fsp3) is 0.571. The summed E-state index contributed by atoms with van der Waals surface area (Å²) >= 11 is 0. The number of hydroxylamine groups is 2. The number of hydrogen-bond acceptors (Lipinski definition) is 9. The summed E-state index contributed by atoms with van der Waals surface area (Å²) in [5.74, 6) is -3.44. The second kappa shape index (κ2) is 12.0. The number of esters is 1. The average Bonchev–Trinajstić information content (AvgIpc) is 2.78. The van der Waals surface area contributed by atoms with Gasteiger partial charge in [-0.25, -0.2) is 22.8 Å². The molecule has 1 atom stereocenters. The Kier molecular flexibility index (Phi) is 9.62. The molecule has 2 amide bonds. The molecule has 1 aliphatic rings. The zero-order chi connectivity index (χ0) is 24.6.